The average Bonchev–Trinajstić information content (AvgIpc) is 2.94. The Hall–Kier alpha value is -2.18. The van der Waals surface area contributed by atoms with Gasteiger partial charge in [0.2, 0.25) is 0 Å². The van der Waals surface area contributed by atoms with Crippen LogP contribution in [0.15, 0.2) is 24.0 Å². The van der Waals surface area contributed by atoms with E-state index >= 15 is 0 Å². The summed E-state index contributed by atoms with van der Waals surface area (Å²) in [6.07, 6.45) is 3.32. The standard InChI is InChI=1S/C24H33NO5/c1-6-19(26)30-22-21(20-16(3)9-8-10-17(20)4)23(27)25(15-29-7-2)24(22)13-11-18(28-5)12-14-24/h8-10,18H,6-7,11-15H2,1-5H3. The van der Waals surface area contributed by atoms with Crippen molar-refractivity contribution in [3.63, 3.8) is 0 Å². The fraction of sp³-hybridized carbons (Fsp3) is 0.583. The minimum atomic E-state index is -0.684. The van der Waals surface area contributed by atoms with E-state index in [-0.39, 0.29) is 31.1 Å². The number of carbonyl (C=O) groups is 2. The molecule has 1 spiro atoms. The van der Waals surface area contributed by atoms with Crippen LogP contribution >= 0.6 is 0 Å². The molecule has 1 fully saturated rings. The summed E-state index contributed by atoms with van der Waals surface area (Å²) < 4.78 is 17.2. The quantitative estimate of drug-likeness (QED) is 0.627. The second-order valence-electron chi connectivity index (χ2n) is 8.12. The Morgan fingerprint density at radius 1 is 1.17 bits per heavy atom. The van der Waals surface area contributed by atoms with Crippen molar-refractivity contribution in [3.8, 4) is 0 Å². The van der Waals surface area contributed by atoms with E-state index in [1.165, 1.54) is 0 Å². The molecule has 1 saturated carbocycles. The molecule has 1 heterocycles. The van der Waals surface area contributed by atoms with E-state index in [1.807, 2.05) is 39.0 Å². The molecule has 1 amide bonds. The van der Waals surface area contributed by atoms with Gasteiger partial charge in [-0.05, 0) is 63.1 Å². The molecule has 164 valence electrons. The molecule has 0 saturated heterocycles. The van der Waals surface area contributed by atoms with Crippen LogP contribution in [0.1, 0.15) is 62.6 Å². The molecule has 0 unspecified atom stereocenters. The van der Waals surface area contributed by atoms with Crippen LogP contribution in [0.25, 0.3) is 5.57 Å². The molecule has 1 aromatic rings. The molecule has 0 atom stereocenters. The zero-order chi connectivity index (χ0) is 21.9. The summed E-state index contributed by atoms with van der Waals surface area (Å²) in [5.41, 5.74) is 2.65. The number of esters is 1. The molecule has 3 rings (SSSR count). The van der Waals surface area contributed by atoms with Crippen LogP contribution in [0.3, 0.4) is 0 Å². The highest BCUT2D eigenvalue weighted by Crippen LogP contribution is 2.50. The first kappa shape index (κ1) is 22.5. The number of ether oxygens (including phenoxy) is 3. The number of hydrogen-bond acceptors (Lipinski definition) is 5. The molecule has 0 N–H and O–H groups in total. The third-order valence-electron chi connectivity index (χ3n) is 6.38. The number of amides is 1. The van der Waals surface area contributed by atoms with Crippen LogP contribution in [-0.4, -0.2) is 48.9 Å². The minimum Gasteiger partial charge on any atom is -0.428 e. The molecule has 6 nitrogen and oxygen atoms in total. The van der Waals surface area contributed by atoms with Gasteiger partial charge in [0.25, 0.3) is 5.91 Å². The number of hydrogen-bond donors (Lipinski definition) is 0. The summed E-state index contributed by atoms with van der Waals surface area (Å²) in [6.45, 7) is 8.33. The number of aryl methyl sites for hydroxylation is 2. The summed E-state index contributed by atoms with van der Waals surface area (Å²) in [5.74, 6) is 0.0367. The van der Waals surface area contributed by atoms with E-state index in [4.69, 9.17) is 14.2 Å². The monoisotopic (exact) mass is 415 g/mol. The average molecular weight is 416 g/mol. The van der Waals surface area contributed by atoms with E-state index in [1.54, 1.807) is 18.9 Å². The maximum Gasteiger partial charge on any atom is 0.310 e. The summed E-state index contributed by atoms with van der Waals surface area (Å²) in [4.78, 5) is 28.0. The van der Waals surface area contributed by atoms with Gasteiger partial charge >= 0.3 is 5.97 Å². The Kier molecular flexibility index (Phi) is 6.98. The van der Waals surface area contributed by atoms with E-state index in [9.17, 15) is 9.59 Å². The van der Waals surface area contributed by atoms with Gasteiger partial charge < -0.3 is 19.1 Å². The lowest BCUT2D eigenvalue weighted by molar-refractivity contribution is -0.147. The van der Waals surface area contributed by atoms with Crippen molar-refractivity contribution in [1.82, 2.24) is 4.90 Å². The van der Waals surface area contributed by atoms with Gasteiger partial charge in [0, 0.05) is 20.1 Å². The first-order valence-electron chi connectivity index (χ1n) is 10.8. The smallest absolute Gasteiger partial charge is 0.310 e. The minimum absolute atomic E-state index is 0.129. The number of nitrogens with zero attached hydrogens (tertiary/aromatic N) is 1. The zero-order valence-corrected chi connectivity index (χ0v) is 18.7. The highest BCUT2D eigenvalue weighted by Gasteiger charge is 2.55. The van der Waals surface area contributed by atoms with Gasteiger partial charge in [-0.2, -0.15) is 0 Å². The molecule has 1 aliphatic heterocycles. The summed E-state index contributed by atoms with van der Waals surface area (Å²) in [5, 5.41) is 0. The molecule has 30 heavy (non-hydrogen) atoms. The van der Waals surface area contributed by atoms with Crippen LogP contribution in [0, 0.1) is 13.8 Å². The van der Waals surface area contributed by atoms with E-state index < -0.39 is 5.54 Å². The number of benzene rings is 1. The lowest BCUT2D eigenvalue weighted by Crippen LogP contribution is -2.52. The number of rotatable bonds is 7. The van der Waals surface area contributed by atoms with Crippen LogP contribution in [0.4, 0.5) is 0 Å². The van der Waals surface area contributed by atoms with Crippen LogP contribution in [-0.2, 0) is 23.8 Å². The Morgan fingerprint density at radius 3 is 2.33 bits per heavy atom. The lowest BCUT2D eigenvalue weighted by atomic mass is 9.78. The van der Waals surface area contributed by atoms with Gasteiger partial charge in [-0.3, -0.25) is 9.59 Å². The molecular formula is C24H33NO5. The van der Waals surface area contributed by atoms with E-state index in [2.05, 4.69) is 0 Å². The highest BCUT2D eigenvalue weighted by molar-refractivity contribution is 6.24. The molecule has 1 aliphatic carbocycles. The third-order valence-corrected chi connectivity index (χ3v) is 6.38. The van der Waals surface area contributed by atoms with Crippen molar-refractivity contribution >= 4 is 17.4 Å². The molecule has 6 heteroatoms. The van der Waals surface area contributed by atoms with Crippen molar-refractivity contribution < 1.29 is 23.8 Å². The van der Waals surface area contributed by atoms with Gasteiger partial charge in [-0.1, -0.05) is 25.1 Å². The molecule has 2 aliphatic rings. The van der Waals surface area contributed by atoms with Crippen LogP contribution < -0.4 is 0 Å². The fourth-order valence-corrected chi connectivity index (χ4v) is 4.71. The van der Waals surface area contributed by atoms with Gasteiger partial charge in [-0.25, -0.2) is 0 Å². The van der Waals surface area contributed by atoms with Crippen LogP contribution in [0.5, 0.6) is 0 Å². The van der Waals surface area contributed by atoms with E-state index in [0.717, 1.165) is 29.5 Å². The predicted molar refractivity (Wildman–Crippen MR) is 115 cm³/mol. The predicted octanol–water partition coefficient (Wildman–Crippen LogP) is 4.13. The van der Waals surface area contributed by atoms with Crippen molar-refractivity contribution in [2.24, 2.45) is 0 Å². The Bertz CT molecular complexity index is 816. The molecule has 1 aromatic carbocycles. The topological polar surface area (TPSA) is 65.1 Å². The molecule has 0 bridgehead atoms. The Morgan fingerprint density at radius 2 is 1.80 bits per heavy atom. The first-order chi connectivity index (χ1) is 14.4. The molecule has 0 radical (unpaired) electrons. The molecule has 0 aromatic heterocycles. The van der Waals surface area contributed by atoms with Gasteiger partial charge in [0.05, 0.1) is 11.7 Å². The third kappa shape index (κ3) is 3.91. The van der Waals surface area contributed by atoms with Gasteiger partial charge in [0.15, 0.2) is 0 Å². The maximum absolute atomic E-state index is 13.8. The van der Waals surface area contributed by atoms with Gasteiger partial charge in [0.1, 0.15) is 18.0 Å². The SMILES string of the molecule is CCOCN1C(=O)C(c2c(C)cccc2C)=C(OC(=O)CC)C12CCC(OC)CC2. The second kappa shape index (κ2) is 9.31. The van der Waals surface area contributed by atoms with Crippen molar-refractivity contribution in [2.75, 3.05) is 20.4 Å². The Labute approximate surface area is 179 Å². The number of methoxy groups -OCH3 is 1. The largest absolute Gasteiger partial charge is 0.428 e. The zero-order valence-electron chi connectivity index (χ0n) is 18.7. The lowest BCUT2D eigenvalue weighted by Gasteiger charge is -2.43. The molecular weight excluding hydrogens is 382 g/mol. The van der Waals surface area contributed by atoms with Gasteiger partial charge in [-0.15, -0.1) is 0 Å². The van der Waals surface area contributed by atoms with Crippen molar-refractivity contribution in [1.29, 1.82) is 0 Å². The number of carbonyl (C=O) groups excluding carboxylic acids is 2. The summed E-state index contributed by atoms with van der Waals surface area (Å²) in [6, 6.07) is 5.95. The first-order valence-corrected chi connectivity index (χ1v) is 10.8. The van der Waals surface area contributed by atoms with Crippen molar-refractivity contribution in [3.05, 3.63) is 40.6 Å². The maximum atomic E-state index is 13.8. The Balaban J connectivity index is 2.20. The summed E-state index contributed by atoms with van der Waals surface area (Å²) >= 11 is 0. The van der Waals surface area contributed by atoms with Crippen LogP contribution in [0.2, 0.25) is 0 Å². The summed E-state index contributed by atoms with van der Waals surface area (Å²) in [7, 11) is 1.72. The van der Waals surface area contributed by atoms with E-state index in [0.29, 0.717) is 30.8 Å². The van der Waals surface area contributed by atoms with Crippen molar-refractivity contribution in [2.45, 2.75) is 71.4 Å². The second-order valence-corrected chi connectivity index (χ2v) is 8.12. The highest BCUT2D eigenvalue weighted by atomic mass is 16.5. The normalized spacial score (nSPS) is 24.1. The fourth-order valence-electron chi connectivity index (χ4n) is 4.71.